The Morgan fingerprint density at radius 2 is 2.17 bits per heavy atom. The van der Waals surface area contributed by atoms with Crippen LogP contribution in [0.2, 0.25) is 0 Å². The summed E-state index contributed by atoms with van der Waals surface area (Å²) in [6.07, 6.45) is 7.63. The molecule has 2 heterocycles. The molecular weight excluding hydrogens is 294 g/mol. The Morgan fingerprint density at radius 3 is 2.87 bits per heavy atom. The van der Waals surface area contributed by atoms with E-state index in [9.17, 15) is 4.79 Å². The van der Waals surface area contributed by atoms with E-state index in [1.165, 1.54) is 10.1 Å². The minimum Gasteiger partial charge on any atom is -0.282 e. The standard InChI is InChI=1S/C16H18N5O2/c1-13(10-14-6-4-3-5-7-14)21-11-15(23-18-21)17-16(22)20-9-8-19(2)12-20/h3-9,11-13H,10H2,1-2H3/q+1/p+1. The van der Waals surface area contributed by atoms with Gasteiger partial charge in [-0.3, -0.25) is 4.52 Å². The number of aromatic nitrogens is 4. The summed E-state index contributed by atoms with van der Waals surface area (Å²) >= 11 is 0. The lowest BCUT2D eigenvalue weighted by molar-refractivity contribution is -0.782. The molecule has 1 N–H and O–H groups in total. The summed E-state index contributed by atoms with van der Waals surface area (Å²) in [4.78, 5) is 12.0. The van der Waals surface area contributed by atoms with Gasteiger partial charge < -0.3 is 0 Å². The summed E-state index contributed by atoms with van der Waals surface area (Å²) in [6, 6.07) is 9.99. The van der Waals surface area contributed by atoms with Crippen LogP contribution in [-0.4, -0.2) is 15.9 Å². The van der Waals surface area contributed by atoms with Crippen molar-refractivity contribution in [3.63, 3.8) is 0 Å². The number of hydrogen-bond donors (Lipinski definition) is 1. The van der Waals surface area contributed by atoms with Crippen molar-refractivity contribution >= 4 is 11.9 Å². The van der Waals surface area contributed by atoms with Crippen LogP contribution in [0.15, 0.2) is 59.8 Å². The number of carbonyl (C=O) groups is 1. The molecule has 0 aliphatic rings. The van der Waals surface area contributed by atoms with Crippen LogP contribution in [0.1, 0.15) is 18.5 Å². The maximum absolute atomic E-state index is 12.0. The van der Waals surface area contributed by atoms with Gasteiger partial charge in [-0.2, -0.15) is 4.57 Å². The summed E-state index contributed by atoms with van der Waals surface area (Å²) in [6.45, 7) is 2.05. The number of amides is 1. The highest BCUT2D eigenvalue weighted by Gasteiger charge is 2.22. The maximum atomic E-state index is 12.0. The topological polar surface area (TPSA) is 67.8 Å². The van der Waals surface area contributed by atoms with Crippen molar-refractivity contribution in [3.05, 3.63) is 60.8 Å². The number of imidazole rings is 1. The van der Waals surface area contributed by atoms with Crippen molar-refractivity contribution in [3.8, 4) is 0 Å². The highest BCUT2D eigenvalue weighted by atomic mass is 16.5. The fourth-order valence-corrected chi connectivity index (χ4v) is 2.31. The average Bonchev–Trinajstić information content (AvgIpc) is 3.17. The van der Waals surface area contributed by atoms with Gasteiger partial charge in [-0.05, 0) is 10.2 Å². The highest BCUT2D eigenvalue weighted by molar-refractivity contribution is 5.89. The van der Waals surface area contributed by atoms with Crippen LogP contribution in [-0.2, 0) is 13.5 Å². The van der Waals surface area contributed by atoms with Gasteiger partial charge in [0.05, 0.1) is 7.05 Å². The van der Waals surface area contributed by atoms with Crippen LogP contribution < -0.4 is 14.6 Å². The van der Waals surface area contributed by atoms with Gasteiger partial charge in [0.2, 0.25) is 5.27 Å². The maximum Gasteiger partial charge on any atom is 0.420 e. The molecule has 7 nitrogen and oxygen atoms in total. The van der Waals surface area contributed by atoms with Gasteiger partial charge in [0.15, 0.2) is 6.04 Å². The average molecular weight is 313 g/mol. The molecule has 1 amide bonds. The van der Waals surface area contributed by atoms with E-state index in [2.05, 4.69) is 22.7 Å². The third-order valence-electron chi connectivity index (χ3n) is 3.54. The molecule has 1 atom stereocenters. The van der Waals surface area contributed by atoms with Crippen LogP contribution in [0.5, 0.6) is 0 Å². The van der Waals surface area contributed by atoms with Crippen molar-refractivity contribution in [2.45, 2.75) is 19.4 Å². The van der Waals surface area contributed by atoms with Gasteiger partial charge in [-0.1, -0.05) is 30.3 Å². The molecule has 0 spiro atoms. The molecule has 0 bridgehead atoms. The third kappa shape index (κ3) is 3.63. The summed E-state index contributed by atoms with van der Waals surface area (Å²) in [5.74, 6) is 0.311. The first-order valence-electron chi connectivity index (χ1n) is 7.38. The molecule has 0 saturated carbocycles. The normalized spacial score (nSPS) is 12.1. The predicted octanol–water partition coefficient (Wildman–Crippen LogP) is 1.47. The van der Waals surface area contributed by atoms with Crippen LogP contribution in [0.3, 0.4) is 0 Å². The lowest BCUT2D eigenvalue weighted by Crippen LogP contribution is -2.40. The Morgan fingerprint density at radius 1 is 1.39 bits per heavy atom. The van der Waals surface area contributed by atoms with Crippen molar-refractivity contribution in [1.82, 2.24) is 9.84 Å². The van der Waals surface area contributed by atoms with E-state index in [1.54, 1.807) is 34.2 Å². The smallest absolute Gasteiger partial charge is 0.282 e. The molecule has 1 aromatic carbocycles. The van der Waals surface area contributed by atoms with E-state index in [-0.39, 0.29) is 12.1 Å². The van der Waals surface area contributed by atoms with Crippen molar-refractivity contribution in [1.29, 1.82) is 0 Å². The minimum absolute atomic E-state index is 0.121. The Labute approximate surface area is 133 Å². The van der Waals surface area contributed by atoms with Crippen molar-refractivity contribution < 1.29 is 18.6 Å². The van der Waals surface area contributed by atoms with E-state index in [0.717, 1.165) is 6.42 Å². The third-order valence-corrected chi connectivity index (χ3v) is 3.54. The Bertz CT molecular complexity index is 794. The largest absolute Gasteiger partial charge is 0.420 e. The Balaban J connectivity index is 1.64. The van der Waals surface area contributed by atoms with Crippen LogP contribution in [0.4, 0.5) is 10.7 Å². The van der Waals surface area contributed by atoms with Crippen LogP contribution in [0, 0.1) is 0 Å². The van der Waals surface area contributed by atoms with Crippen molar-refractivity contribution in [2.75, 3.05) is 5.32 Å². The van der Waals surface area contributed by atoms with Gasteiger partial charge in [0, 0.05) is 13.3 Å². The number of rotatable bonds is 4. The fraction of sp³-hybridized carbons (Fsp3) is 0.250. The molecule has 3 rings (SSSR count). The molecule has 0 saturated heterocycles. The second-order valence-electron chi connectivity index (χ2n) is 5.50. The monoisotopic (exact) mass is 313 g/mol. The molecule has 0 aliphatic carbocycles. The first-order chi connectivity index (χ1) is 11.1. The summed E-state index contributed by atoms with van der Waals surface area (Å²) in [5.41, 5.74) is 1.22. The number of nitrogens with zero attached hydrogens (tertiary/aromatic N) is 4. The molecule has 3 aromatic rings. The zero-order valence-corrected chi connectivity index (χ0v) is 13.1. The molecular formula is C16H19N5O2+2. The van der Waals surface area contributed by atoms with Crippen LogP contribution in [0.25, 0.3) is 0 Å². The molecule has 7 heteroatoms. The molecule has 0 radical (unpaired) electrons. The van der Waals surface area contributed by atoms with E-state index in [1.807, 2.05) is 32.2 Å². The Kier molecular flexibility index (Phi) is 4.18. The van der Waals surface area contributed by atoms with Gasteiger partial charge in [-0.15, -0.1) is 0 Å². The number of carbonyl (C=O) groups excluding carboxylic acids is 1. The predicted molar refractivity (Wildman–Crippen MR) is 81.6 cm³/mol. The molecule has 0 aliphatic heterocycles. The van der Waals surface area contributed by atoms with E-state index < -0.39 is 0 Å². The van der Waals surface area contributed by atoms with Gasteiger partial charge in [-0.25, -0.2) is 14.7 Å². The zero-order chi connectivity index (χ0) is 16.2. The van der Waals surface area contributed by atoms with Crippen LogP contribution >= 0.6 is 0 Å². The minimum atomic E-state index is -0.301. The molecule has 23 heavy (non-hydrogen) atoms. The number of aryl methyl sites for hydroxylation is 1. The number of anilines is 1. The second kappa shape index (κ2) is 6.43. The molecule has 118 valence electrons. The van der Waals surface area contributed by atoms with E-state index in [0.29, 0.717) is 5.88 Å². The van der Waals surface area contributed by atoms with Gasteiger partial charge in [0.1, 0.15) is 12.4 Å². The molecule has 2 aromatic heterocycles. The summed E-state index contributed by atoms with van der Waals surface area (Å²) < 4.78 is 10.1. The quantitative estimate of drug-likeness (QED) is 0.742. The molecule has 1 unspecified atom stereocenters. The van der Waals surface area contributed by atoms with Gasteiger partial charge in [0.25, 0.3) is 12.5 Å². The first-order valence-corrected chi connectivity index (χ1v) is 7.38. The van der Waals surface area contributed by atoms with E-state index in [4.69, 9.17) is 4.52 Å². The van der Waals surface area contributed by atoms with Crippen molar-refractivity contribution in [2.24, 2.45) is 7.05 Å². The number of hydrogen-bond acceptors (Lipinski definition) is 3. The van der Waals surface area contributed by atoms with Gasteiger partial charge >= 0.3 is 11.9 Å². The van der Waals surface area contributed by atoms with E-state index >= 15 is 0 Å². The lowest BCUT2D eigenvalue weighted by atomic mass is 10.1. The zero-order valence-electron chi connectivity index (χ0n) is 13.1. The number of benzene rings is 1. The SMILES string of the molecule is CC(Cc1ccccc1)[n+]1cc(NC(=O)n2cc[n+](C)c2)on1. The lowest BCUT2D eigenvalue weighted by Gasteiger charge is -2.01. The highest BCUT2D eigenvalue weighted by Crippen LogP contribution is 2.09. The number of nitrogens with one attached hydrogen (secondary N) is 1. The molecule has 0 fully saturated rings. The fourth-order valence-electron chi connectivity index (χ4n) is 2.31. The summed E-state index contributed by atoms with van der Waals surface area (Å²) in [7, 11) is 1.84. The summed E-state index contributed by atoms with van der Waals surface area (Å²) in [5, 5.41) is 6.65. The Hall–Kier alpha value is -2.96. The second-order valence-corrected chi connectivity index (χ2v) is 5.50. The first kappa shape index (κ1) is 15.0.